The second-order valence-corrected chi connectivity index (χ2v) is 5.82. The van der Waals surface area contributed by atoms with Gasteiger partial charge in [-0.05, 0) is 39.0 Å². The molecular formula is C13H20N2O2. The quantitative estimate of drug-likeness (QED) is 0.721. The predicted molar refractivity (Wildman–Crippen MR) is 63.3 cm³/mol. The molecule has 2 unspecified atom stereocenters. The Kier molecular flexibility index (Phi) is 2.25. The highest BCUT2D eigenvalue weighted by molar-refractivity contribution is 5.98. The third-order valence-corrected chi connectivity index (χ3v) is 4.60. The van der Waals surface area contributed by atoms with Gasteiger partial charge < -0.3 is 9.80 Å². The fourth-order valence-electron chi connectivity index (χ4n) is 3.32. The van der Waals surface area contributed by atoms with Gasteiger partial charge in [-0.2, -0.15) is 0 Å². The van der Waals surface area contributed by atoms with E-state index in [1.807, 2.05) is 16.7 Å². The standard InChI is InChI=1S/C13H20N2O2/c1-3-9-11(16)14-8-4-5-10(14)12(17)15(9)13(2)6-7-13/h9-10H,3-8H2,1-2H3. The van der Waals surface area contributed by atoms with Crippen LogP contribution >= 0.6 is 0 Å². The van der Waals surface area contributed by atoms with Crippen LogP contribution in [0.2, 0.25) is 0 Å². The Hall–Kier alpha value is -1.06. The van der Waals surface area contributed by atoms with Crippen LogP contribution in [-0.4, -0.2) is 45.8 Å². The number of carbonyl (C=O) groups excluding carboxylic acids is 2. The number of hydrogen-bond acceptors (Lipinski definition) is 2. The summed E-state index contributed by atoms with van der Waals surface area (Å²) in [5.74, 6) is 0.386. The molecule has 2 aliphatic heterocycles. The molecule has 3 rings (SSSR count). The van der Waals surface area contributed by atoms with Crippen LogP contribution in [-0.2, 0) is 9.59 Å². The van der Waals surface area contributed by atoms with Crippen LogP contribution in [0.4, 0.5) is 0 Å². The smallest absolute Gasteiger partial charge is 0.246 e. The molecule has 2 heterocycles. The zero-order valence-electron chi connectivity index (χ0n) is 10.6. The van der Waals surface area contributed by atoms with Crippen molar-refractivity contribution >= 4 is 11.8 Å². The number of hydrogen-bond donors (Lipinski definition) is 0. The van der Waals surface area contributed by atoms with Gasteiger partial charge in [0.2, 0.25) is 11.8 Å². The van der Waals surface area contributed by atoms with Gasteiger partial charge in [-0.15, -0.1) is 0 Å². The fourth-order valence-corrected chi connectivity index (χ4v) is 3.32. The lowest BCUT2D eigenvalue weighted by atomic mass is 10.00. The Balaban J connectivity index is 1.96. The summed E-state index contributed by atoms with van der Waals surface area (Å²) in [6.45, 7) is 4.90. The van der Waals surface area contributed by atoms with Crippen LogP contribution in [0.25, 0.3) is 0 Å². The van der Waals surface area contributed by atoms with Crippen molar-refractivity contribution in [1.82, 2.24) is 9.80 Å². The Labute approximate surface area is 102 Å². The van der Waals surface area contributed by atoms with Gasteiger partial charge >= 0.3 is 0 Å². The van der Waals surface area contributed by atoms with E-state index in [1.165, 1.54) is 0 Å². The second kappa shape index (κ2) is 3.47. The van der Waals surface area contributed by atoms with Crippen LogP contribution in [0, 0.1) is 0 Å². The fraction of sp³-hybridized carbons (Fsp3) is 0.846. The highest BCUT2D eigenvalue weighted by atomic mass is 16.2. The molecule has 0 aromatic rings. The summed E-state index contributed by atoms with van der Waals surface area (Å²) < 4.78 is 0. The highest BCUT2D eigenvalue weighted by Gasteiger charge is 2.56. The van der Waals surface area contributed by atoms with E-state index in [9.17, 15) is 9.59 Å². The summed E-state index contributed by atoms with van der Waals surface area (Å²) in [4.78, 5) is 28.7. The van der Waals surface area contributed by atoms with Crippen LogP contribution in [0.1, 0.15) is 46.0 Å². The van der Waals surface area contributed by atoms with Crippen LogP contribution in [0.3, 0.4) is 0 Å². The first kappa shape index (κ1) is 11.1. The molecule has 17 heavy (non-hydrogen) atoms. The summed E-state index contributed by atoms with van der Waals surface area (Å²) in [6.07, 6.45) is 4.67. The summed E-state index contributed by atoms with van der Waals surface area (Å²) in [7, 11) is 0. The van der Waals surface area contributed by atoms with E-state index in [1.54, 1.807) is 0 Å². The van der Waals surface area contributed by atoms with Crippen molar-refractivity contribution in [3.8, 4) is 0 Å². The Bertz CT molecular complexity index is 376. The monoisotopic (exact) mass is 236 g/mol. The highest BCUT2D eigenvalue weighted by Crippen LogP contribution is 2.45. The molecule has 0 aromatic heterocycles. The molecule has 4 nitrogen and oxygen atoms in total. The molecule has 1 saturated carbocycles. The molecule has 4 heteroatoms. The number of carbonyl (C=O) groups is 2. The van der Waals surface area contributed by atoms with Crippen molar-refractivity contribution in [3.05, 3.63) is 0 Å². The lowest BCUT2D eigenvalue weighted by Gasteiger charge is -2.45. The summed E-state index contributed by atoms with van der Waals surface area (Å²) >= 11 is 0. The van der Waals surface area contributed by atoms with E-state index >= 15 is 0 Å². The zero-order valence-corrected chi connectivity index (χ0v) is 10.6. The van der Waals surface area contributed by atoms with Gasteiger partial charge in [0.1, 0.15) is 12.1 Å². The maximum atomic E-state index is 12.5. The van der Waals surface area contributed by atoms with Crippen LogP contribution < -0.4 is 0 Å². The van der Waals surface area contributed by atoms with Crippen molar-refractivity contribution in [3.63, 3.8) is 0 Å². The number of piperazine rings is 1. The number of amides is 2. The van der Waals surface area contributed by atoms with Crippen molar-refractivity contribution in [2.45, 2.75) is 63.6 Å². The maximum absolute atomic E-state index is 12.5. The van der Waals surface area contributed by atoms with Gasteiger partial charge in [-0.25, -0.2) is 0 Å². The average molecular weight is 236 g/mol. The normalized spacial score (nSPS) is 35.2. The topological polar surface area (TPSA) is 40.6 Å². The molecule has 3 fully saturated rings. The molecule has 0 N–H and O–H groups in total. The Morgan fingerprint density at radius 3 is 2.59 bits per heavy atom. The SMILES string of the molecule is CCC1C(=O)N2CCCC2C(=O)N1C1(C)CC1. The molecule has 0 radical (unpaired) electrons. The molecule has 1 aliphatic carbocycles. The van der Waals surface area contributed by atoms with E-state index in [2.05, 4.69) is 6.92 Å². The van der Waals surface area contributed by atoms with Gasteiger partial charge in [-0.1, -0.05) is 6.92 Å². The third kappa shape index (κ3) is 1.42. The van der Waals surface area contributed by atoms with Gasteiger partial charge in [0.15, 0.2) is 0 Å². The molecule has 3 aliphatic rings. The van der Waals surface area contributed by atoms with Gasteiger partial charge in [-0.3, -0.25) is 9.59 Å². The minimum Gasteiger partial charge on any atom is -0.329 e. The first-order valence-electron chi connectivity index (χ1n) is 6.72. The van der Waals surface area contributed by atoms with E-state index < -0.39 is 0 Å². The largest absolute Gasteiger partial charge is 0.329 e. The van der Waals surface area contributed by atoms with Crippen molar-refractivity contribution in [2.24, 2.45) is 0 Å². The first-order valence-corrected chi connectivity index (χ1v) is 6.72. The van der Waals surface area contributed by atoms with E-state index in [-0.39, 0.29) is 29.4 Å². The lowest BCUT2D eigenvalue weighted by molar-refractivity contribution is -0.163. The van der Waals surface area contributed by atoms with E-state index in [0.717, 1.165) is 38.6 Å². The molecule has 2 atom stereocenters. The first-order chi connectivity index (χ1) is 8.08. The zero-order chi connectivity index (χ0) is 12.2. The predicted octanol–water partition coefficient (Wildman–Crippen LogP) is 1.15. The van der Waals surface area contributed by atoms with Crippen molar-refractivity contribution in [1.29, 1.82) is 0 Å². The number of rotatable bonds is 2. The second-order valence-electron chi connectivity index (χ2n) is 5.82. The molecule has 2 amide bonds. The number of nitrogens with zero attached hydrogens (tertiary/aromatic N) is 2. The summed E-state index contributed by atoms with van der Waals surface area (Å²) in [6, 6.07) is -0.355. The lowest BCUT2D eigenvalue weighted by Crippen LogP contribution is -2.65. The molecule has 0 aromatic carbocycles. The molecule has 0 spiro atoms. The van der Waals surface area contributed by atoms with Crippen LogP contribution in [0.15, 0.2) is 0 Å². The Morgan fingerprint density at radius 2 is 2.00 bits per heavy atom. The van der Waals surface area contributed by atoms with Gasteiger partial charge in [0.25, 0.3) is 0 Å². The third-order valence-electron chi connectivity index (χ3n) is 4.60. The average Bonchev–Trinajstić information content (AvgIpc) is 2.86. The molecular weight excluding hydrogens is 216 g/mol. The molecule has 0 bridgehead atoms. The van der Waals surface area contributed by atoms with Crippen LogP contribution in [0.5, 0.6) is 0 Å². The van der Waals surface area contributed by atoms with Gasteiger partial charge in [0, 0.05) is 12.1 Å². The minimum atomic E-state index is -0.204. The van der Waals surface area contributed by atoms with Gasteiger partial charge in [0.05, 0.1) is 0 Å². The molecule has 94 valence electrons. The summed E-state index contributed by atoms with van der Waals surface area (Å²) in [5, 5.41) is 0. The number of fused-ring (bicyclic) bond motifs is 1. The summed E-state index contributed by atoms with van der Waals surface area (Å²) in [5.41, 5.74) is -0.0257. The Morgan fingerprint density at radius 1 is 1.29 bits per heavy atom. The van der Waals surface area contributed by atoms with Crippen molar-refractivity contribution < 1.29 is 9.59 Å². The van der Waals surface area contributed by atoms with Crippen molar-refractivity contribution in [2.75, 3.05) is 6.54 Å². The maximum Gasteiger partial charge on any atom is 0.246 e. The minimum absolute atomic E-state index is 0.0257. The van der Waals surface area contributed by atoms with E-state index in [0.29, 0.717) is 0 Å². The molecule has 2 saturated heterocycles. The van der Waals surface area contributed by atoms with E-state index in [4.69, 9.17) is 0 Å².